The summed E-state index contributed by atoms with van der Waals surface area (Å²) in [5.74, 6) is 0. The van der Waals surface area contributed by atoms with E-state index in [1.807, 2.05) is 4.90 Å². The van der Waals surface area contributed by atoms with E-state index in [1.54, 1.807) is 0 Å². The largest absolute Gasteiger partial charge is 0.338 e. The molecule has 20 heavy (non-hydrogen) atoms. The van der Waals surface area contributed by atoms with Crippen LogP contribution in [0.2, 0.25) is 0 Å². The highest BCUT2D eigenvalue weighted by Gasteiger charge is 2.22. The highest BCUT2D eigenvalue weighted by atomic mass is 16.2. The zero-order chi connectivity index (χ0) is 13.5. The first-order valence-corrected chi connectivity index (χ1v) is 7.09. The molecule has 1 fully saturated rings. The second-order valence-corrected chi connectivity index (χ2v) is 5.41. The lowest BCUT2D eigenvalue weighted by atomic mass is 10.1. The maximum atomic E-state index is 11.9. The van der Waals surface area contributed by atoms with E-state index in [2.05, 4.69) is 47.8 Å². The number of urea groups is 1. The van der Waals surface area contributed by atoms with Crippen LogP contribution < -0.4 is 10.2 Å². The van der Waals surface area contributed by atoms with Crippen LogP contribution >= 0.6 is 0 Å². The minimum Gasteiger partial charge on any atom is -0.338 e. The van der Waals surface area contributed by atoms with Gasteiger partial charge in [0.05, 0.1) is 0 Å². The lowest BCUT2D eigenvalue weighted by Gasteiger charge is -2.27. The van der Waals surface area contributed by atoms with Crippen molar-refractivity contribution in [2.75, 3.05) is 18.0 Å². The number of fused-ring (bicyclic) bond motifs is 3. The van der Waals surface area contributed by atoms with Gasteiger partial charge in [0.25, 0.3) is 0 Å². The maximum absolute atomic E-state index is 11.9. The summed E-state index contributed by atoms with van der Waals surface area (Å²) in [6.45, 7) is 1.59. The zero-order valence-electron chi connectivity index (χ0n) is 11.2. The predicted octanol–water partition coefficient (Wildman–Crippen LogP) is 3.18. The molecule has 1 saturated heterocycles. The van der Waals surface area contributed by atoms with Gasteiger partial charge in [0.2, 0.25) is 0 Å². The van der Waals surface area contributed by atoms with Gasteiger partial charge in [0, 0.05) is 18.8 Å². The summed E-state index contributed by atoms with van der Waals surface area (Å²) in [6, 6.07) is 14.9. The molecular weight excluding hydrogens is 248 g/mol. The lowest BCUT2D eigenvalue weighted by Crippen LogP contribution is -2.46. The van der Waals surface area contributed by atoms with Crippen molar-refractivity contribution in [3.63, 3.8) is 0 Å². The number of carbonyl (C=O) groups excluding carboxylic acids is 1. The van der Waals surface area contributed by atoms with E-state index < -0.39 is 0 Å². The molecule has 2 amide bonds. The van der Waals surface area contributed by atoms with E-state index in [1.165, 1.54) is 22.3 Å². The first kappa shape index (κ1) is 11.5. The molecule has 0 radical (unpaired) electrons. The molecule has 0 spiro atoms. The summed E-state index contributed by atoms with van der Waals surface area (Å²) < 4.78 is 0. The summed E-state index contributed by atoms with van der Waals surface area (Å²) in [5, 5.41) is 2.90. The number of rotatable bonds is 1. The molecule has 2 aromatic rings. The molecule has 2 aliphatic rings. The summed E-state index contributed by atoms with van der Waals surface area (Å²) >= 11 is 0. The summed E-state index contributed by atoms with van der Waals surface area (Å²) in [4.78, 5) is 13.8. The Hall–Kier alpha value is -2.29. The average Bonchev–Trinajstić information content (AvgIpc) is 2.85. The van der Waals surface area contributed by atoms with Crippen LogP contribution in [-0.2, 0) is 6.42 Å². The number of nitrogens with one attached hydrogen (secondary N) is 1. The molecule has 3 heteroatoms. The third-order valence-electron chi connectivity index (χ3n) is 4.17. The van der Waals surface area contributed by atoms with Crippen molar-refractivity contribution in [3.05, 3.63) is 53.6 Å². The van der Waals surface area contributed by atoms with E-state index in [-0.39, 0.29) is 6.03 Å². The third-order valence-corrected chi connectivity index (χ3v) is 4.17. The van der Waals surface area contributed by atoms with Crippen LogP contribution in [0.1, 0.15) is 17.5 Å². The average molecular weight is 264 g/mol. The number of anilines is 1. The van der Waals surface area contributed by atoms with Gasteiger partial charge in [-0.25, -0.2) is 4.79 Å². The van der Waals surface area contributed by atoms with Gasteiger partial charge < -0.3 is 5.32 Å². The van der Waals surface area contributed by atoms with Crippen LogP contribution in [0.5, 0.6) is 0 Å². The van der Waals surface area contributed by atoms with Crippen molar-refractivity contribution < 1.29 is 4.79 Å². The normalized spacial score (nSPS) is 16.6. The topological polar surface area (TPSA) is 32.3 Å². The second kappa shape index (κ2) is 4.37. The summed E-state index contributed by atoms with van der Waals surface area (Å²) in [5.41, 5.74) is 6.34. The van der Waals surface area contributed by atoms with E-state index in [9.17, 15) is 4.79 Å². The van der Waals surface area contributed by atoms with Crippen LogP contribution in [0.15, 0.2) is 42.5 Å². The Balaban J connectivity index is 1.73. The van der Waals surface area contributed by atoms with Gasteiger partial charge in [-0.05, 0) is 47.2 Å². The monoisotopic (exact) mass is 264 g/mol. The molecular formula is C17H16N2O. The van der Waals surface area contributed by atoms with Gasteiger partial charge in [0.15, 0.2) is 0 Å². The van der Waals surface area contributed by atoms with Crippen molar-refractivity contribution in [1.29, 1.82) is 0 Å². The Morgan fingerprint density at radius 2 is 1.85 bits per heavy atom. The Labute approximate surface area is 118 Å². The highest BCUT2D eigenvalue weighted by molar-refractivity contribution is 5.93. The molecule has 0 aromatic heterocycles. The third kappa shape index (κ3) is 1.70. The molecule has 0 unspecified atom stereocenters. The number of nitrogens with zero attached hydrogens (tertiary/aromatic N) is 1. The van der Waals surface area contributed by atoms with E-state index >= 15 is 0 Å². The van der Waals surface area contributed by atoms with Crippen molar-refractivity contribution >= 4 is 11.7 Å². The van der Waals surface area contributed by atoms with Gasteiger partial charge in [0.1, 0.15) is 0 Å². The van der Waals surface area contributed by atoms with Gasteiger partial charge in [-0.15, -0.1) is 0 Å². The van der Waals surface area contributed by atoms with Gasteiger partial charge in [-0.3, -0.25) is 4.90 Å². The van der Waals surface area contributed by atoms with Gasteiger partial charge in [-0.2, -0.15) is 0 Å². The van der Waals surface area contributed by atoms with Gasteiger partial charge >= 0.3 is 6.03 Å². The highest BCUT2D eigenvalue weighted by Crippen LogP contribution is 2.38. The molecule has 100 valence electrons. The van der Waals surface area contributed by atoms with Crippen molar-refractivity contribution in [2.24, 2.45) is 0 Å². The first-order valence-electron chi connectivity index (χ1n) is 7.09. The lowest BCUT2D eigenvalue weighted by molar-refractivity contribution is 0.243. The molecule has 1 aliphatic heterocycles. The summed E-state index contributed by atoms with van der Waals surface area (Å²) in [6.07, 6.45) is 1.97. The van der Waals surface area contributed by atoms with E-state index in [0.717, 1.165) is 31.6 Å². The molecule has 4 rings (SSSR count). The van der Waals surface area contributed by atoms with Crippen LogP contribution in [0.4, 0.5) is 10.5 Å². The van der Waals surface area contributed by atoms with E-state index in [4.69, 9.17) is 0 Å². The number of hydrogen-bond acceptors (Lipinski definition) is 1. The Morgan fingerprint density at radius 3 is 2.75 bits per heavy atom. The number of benzene rings is 2. The Kier molecular flexibility index (Phi) is 2.52. The van der Waals surface area contributed by atoms with Crippen LogP contribution in [0, 0.1) is 0 Å². The molecule has 0 bridgehead atoms. The van der Waals surface area contributed by atoms with Crippen LogP contribution in [0.3, 0.4) is 0 Å². The van der Waals surface area contributed by atoms with Crippen molar-refractivity contribution in [3.8, 4) is 11.1 Å². The van der Waals surface area contributed by atoms with Crippen LogP contribution in [0.25, 0.3) is 11.1 Å². The smallest absolute Gasteiger partial charge is 0.321 e. The van der Waals surface area contributed by atoms with Crippen LogP contribution in [-0.4, -0.2) is 19.1 Å². The number of carbonyl (C=O) groups is 1. The fourth-order valence-electron chi connectivity index (χ4n) is 3.18. The quantitative estimate of drug-likeness (QED) is 0.719. The molecule has 0 atom stereocenters. The maximum Gasteiger partial charge on any atom is 0.321 e. The fourth-order valence-corrected chi connectivity index (χ4v) is 3.18. The first-order chi connectivity index (χ1) is 9.83. The molecule has 0 saturated carbocycles. The Morgan fingerprint density at radius 1 is 1.00 bits per heavy atom. The van der Waals surface area contributed by atoms with Gasteiger partial charge in [-0.1, -0.05) is 30.3 Å². The van der Waals surface area contributed by atoms with Crippen molar-refractivity contribution in [1.82, 2.24) is 5.32 Å². The standard InChI is InChI=1S/C17H16N2O/c20-17-18-8-3-9-19(17)14-6-7-16-13(11-14)10-12-4-1-2-5-15(12)16/h1-2,4-7,11H,3,8-10H2,(H,18,20). The second-order valence-electron chi connectivity index (χ2n) is 5.41. The summed E-state index contributed by atoms with van der Waals surface area (Å²) in [7, 11) is 0. The van der Waals surface area contributed by atoms with E-state index in [0.29, 0.717) is 0 Å². The number of amides is 2. The molecule has 2 aromatic carbocycles. The molecule has 1 N–H and O–H groups in total. The number of hydrogen-bond donors (Lipinski definition) is 1. The molecule has 1 heterocycles. The molecule has 1 aliphatic carbocycles. The Bertz CT molecular complexity index is 693. The zero-order valence-corrected chi connectivity index (χ0v) is 11.2. The SMILES string of the molecule is O=C1NCCCN1c1ccc2c(c1)Cc1ccccc1-2. The fraction of sp³-hybridized carbons (Fsp3) is 0.235. The minimum absolute atomic E-state index is 0.0201. The minimum atomic E-state index is 0.0201. The molecule has 3 nitrogen and oxygen atoms in total. The van der Waals surface area contributed by atoms with Crippen molar-refractivity contribution in [2.45, 2.75) is 12.8 Å². The predicted molar refractivity (Wildman–Crippen MR) is 80.0 cm³/mol.